The minimum absolute atomic E-state index is 0.0921. The number of amides is 1. The minimum Gasteiger partial charge on any atom is -0.472 e. The summed E-state index contributed by atoms with van der Waals surface area (Å²) in [6, 6.07) is 1.64. The second kappa shape index (κ2) is 5.69. The average Bonchev–Trinajstić information content (AvgIpc) is 3.08. The number of ether oxygens (including phenoxy) is 1. The molecule has 1 fully saturated rings. The van der Waals surface area contributed by atoms with E-state index in [1.54, 1.807) is 17.9 Å². The van der Waals surface area contributed by atoms with Crippen molar-refractivity contribution in [1.82, 2.24) is 4.90 Å². The van der Waals surface area contributed by atoms with Crippen molar-refractivity contribution in [3.05, 3.63) is 24.2 Å². The Bertz CT molecular complexity index is 480. The van der Waals surface area contributed by atoms with Crippen LogP contribution in [0.5, 0.6) is 0 Å². The van der Waals surface area contributed by atoms with Crippen molar-refractivity contribution in [2.75, 3.05) is 19.7 Å². The van der Waals surface area contributed by atoms with Gasteiger partial charge in [0, 0.05) is 13.1 Å². The Labute approximate surface area is 118 Å². The Kier molecular flexibility index (Phi) is 4.16. The summed E-state index contributed by atoms with van der Waals surface area (Å²) >= 11 is 0. The van der Waals surface area contributed by atoms with Gasteiger partial charge in [0.1, 0.15) is 6.26 Å². The number of rotatable bonds is 4. The molecule has 0 N–H and O–H groups in total. The summed E-state index contributed by atoms with van der Waals surface area (Å²) in [6.45, 7) is 7.15. The fourth-order valence-corrected chi connectivity index (χ4v) is 2.72. The highest BCUT2D eigenvalue weighted by molar-refractivity contribution is 5.94. The number of likely N-dealkylation sites (tertiary alicyclic amines) is 1. The fourth-order valence-electron chi connectivity index (χ4n) is 2.72. The SMILES string of the molecule is CCOC(=O)[C@]1(C(C)C)CCN(C(=O)c2ccoc2)C1. The maximum absolute atomic E-state index is 12.3. The summed E-state index contributed by atoms with van der Waals surface area (Å²) in [5.41, 5.74) is -0.0662. The van der Waals surface area contributed by atoms with Crippen molar-refractivity contribution < 1.29 is 18.7 Å². The molecule has 0 aliphatic carbocycles. The number of carbonyl (C=O) groups is 2. The Hall–Kier alpha value is -1.78. The lowest BCUT2D eigenvalue weighted by Crippen LogP contribution is -2.41. The highest BCUT2D eigenvalue weighted by atomic mass is 16.5. The van der Waals surface area contributed by atoms with Crippen LogP contribution < -0.4 is 0 Å². The van der Waals surface area contributed by atoms with Gasteiger partial charge in [-0.15, -0.1) is 0 Å². The first-order chi connectivity index (χ1) is 9.51. The monoisotopic (exact) mass is 279 g/mol. The second-order valence-electron chi connectivity index (χ2n) is 5.52. The van der Waals surface area contributed by atoms with E-state index in [4.69, 9.17) is 9.15 Å². The summed E-state index contributed by atoms with van der Waals surface area (Å²) in [7, 11) is 0. The molecule has 1 aliphatic heterocycles. The first kappa shape index (κ1) is 14.6. The largest absolute Gasteiger partial charge is 0.472 e. The molecule has 1 amide bonds. The Morgan fingerprint density at radius 3 is 2.80 bits per heavy atom. The number of furan rings is 1. The lowest BCUT2D eigenvalue weighted by atomic mass is 9.76. The first-order valence-corrected chi connectivity index (χ1v) is 7.00. The highest BCUT2D eigenvalue weighted by Gasteiger charge is 2.49. The van der Waals surface area contributed by atoms with Crippen LogP contribution in [0.15, 0.2) is 23.0 Å². The van der Waals surface area contributed by atoms with Gasteiger partial charge in [0.15, 0.2) is 0 Å². The quantitative estimate of drug-likeness (QED) is 0.794. The van der Waals surface area contributed by atoms with Gasteiger partial charge in [-0.05, 0) is 25.3 Å². The van der Waals surface area contributed by atoms with Crippen molar-refractivity contribution in [2.24, 2.45) is 11.3 Å². The smallest absolute Gasteiger partial charge is 0.314 e. The molecule has 1 aliphatic rings. The van der Waals surface area contributed by atoms with Gasteiger partial charge in [0.25, 0.3) is 5.91 Å². The molecule has 1 atom stereocenters. The van der Waals surface area contributed by atoms with E-state index in [2.05, 4.69) is 0 Å². The van der Waals surface area contributed by atoms with E-state index in [1.807, 2.05) is 13.8 Å². The van der Waals surface area contributed by atoms with E-state index < -0.39 is 5.41 Å². The molecule has 1 aromatic heterocycles. The molecule has 0 aromatic carbocycles. The van der Waals surface area contributed by atoms with Gasteiger partial charge in [-0.25, -0.2) is 0 Å². The van der Waals surface area contributed by atoms with Crippen molar-refractivity contribution in [3.8, 4) is 0 Å². The van der Waals surface area contributed by atoms with Crippen molar-refractivity contribution >= 4 is 11.9 Å². The standard InChI is InChI=1S/C15H21NO4/c1-4-20-14(18)15(11(2)3)6-7-16(10-15)13(17)12-5-8-19-9-12/h5,8-9,11H,4,6-7,10H2,1-3H3/t15-/m1/s1. The van der Waals surface area contributed by atoms with Crippen LogP contribution >= 0.6 is 0 Å². The molecule has 2 heterocycles. The maximum atomic E-state index is 12.3. The van der Waals surface area contributed by atoms with Gasteiger partial charge >= 0.3 is 5.97 Å². The van der Waals surface area contributed by atoms with Crippen LogP contribution in [0.1, 0.15) is 37.6 Å². The van der Waals surface area contributed by atoms with Crippen LogP contribution in [0.3, 0.4) is 0 Å². The second-order valence-corrected chi connectivity index (χ2v) is 5.52. The van der Waals surface area contributed by atoms with Crippen LogP contribution in [0.25, 0.3) is 0 Å². The molecule has 0 bridgehead atoms. The molecular weight excluding hydrogens is 258 g/mol. The van der Waals surface area contributed by atoms with Crippen LogP contribution in [0.4, 0.5) is 0 Å². The molecule has 1 saturated heterocycles. The van der Waals surface area contributed by atoms with Gasteiger partial charge < -0.3 is 14.1 Å². The lowest BCUT2D eigenvalue weighted by molar-refractivity contribution is -0.157. The highest BCUT2D eigenvalue weighted by Crippen LogP contribution is 2.39. The Balaban J connectivity index is 2.16. The predicted molar refractivity (Wildman–Crippen MR) is 73.1 cm³/mol. The number of hydrogen-bond donors (Lipinski definition) is 0. The fraction of sp³-hybridized carbons (Fsp3) is 0.600. The normalized spacial score (nSPS) is 22.3. The molecule has 2 rings (SSSR count). The maximum Gasteiger partial charge on any atom is 0.314 e. The summed E-state index contributed by atoms with van der Waals surface area (Å²) in [4.78, 5) is 26.3. The molecule has 0 spiro atoms. The van der Waals surface area contributed by atoms with E-state index in [9.17, 15) is 9.59 Å². The first-order valence-electron chi connectivity index (χ1n) is 7.00. The average molecular weight is 279 g/mol. The van der Waals surface area contributed by atoms with Crippen LogP contribution in [0.2, 0.25) is 0 Å². The van der Waals surface area contributed by atoms with Gasteiger partial charge in [0.2, 0.25) is 0 Å². The molecule has 0 saturated carbocycles. The van der Waals surface area contributed by atoms with Crippen molar-refractivity contribution in [3.63, 3.8) is 0 Å². The molecular formula is C15H21NO4. The third kappa shape index (κ3) is 2.44. The van der Waals surface area contributed by atoms with E-state index >= 15 is 0 Å². The predicted octanol–water partition coefficient (Wildman–Crippen LogP) is 2.33. The molecule has 20 heavy (non-hydrogen) atoms. The van der Waals surface area contributed by atoms with E-state index in [0.29, 0.717) is 31.7 Å². The zero-order valence-corrected chi connectivity index (χ0v) is 12.2. The lowest BCUT2D eigenvalue weighted by Gasteiger charge is -2.30. The molecule has 5 heteroatoms. The van der Waals surface area contributed by atoms with Gasteiger partial charge in [-0.2, -0.15) is 0 Å². The van der Waals surface area contributed by atoms with Gasteiger partial charge in [-0.3, -0.25) is 9.59 Å². The van der Waals surface area contributed by atoms with Crippen LogP contribution in [-0.4, -0.2) is 36.5 Å². The molecule has 5 nitrogen and oxygen atoms in total. The Morgan fingerprint density at radius 2 is 2.25 bits per heavy atom. The van der Waals surface area contributed by atoms with Crippen molar-refractivity contribution in [2.45, 2.75) is 27.2 Å². The molecule has 110 valence electrons. The van der Waals surface area contributed by atoms with E-state index in [-0.39, 0.29) is 17.8 Å². The van der Waals surface area contributed by atoms with E-state index in [0.717, 1.165) is 0 Å². The van der Waals surface area contributed by atoms with Gasteiger partial charge in [0.05, 0.1) is 23.8 Å². The van der Waals surface area contributed by atoms with E-state index in [1.165, 1.54) is 12.5 Å². The molecule has 0 unspecified atom stereocenters. The number of carbonyl (C=O) groups excluding carboxylic acids is 2. The Morgan fingerprint density at radius 1 is 1.50 bits per heavy atom. The van der Waals surface area contributed by atoms with Gasteiger partial charge in [-0.1, -0.05) is 13.8 Å². The van der Waals surface area contributed by atoms with Crippen molar-refractivity contribution in [1.29, 1.82) is 0 Å². The zero-order valence-electron chi connectivity index (χ0n) is 12.2. The zero-order chi connectivity index (χ0) is 14.8. The summed E-state index contributed by atoms with van der Waals surface area (Å²) in [6.07, 6.45) is 3.56. The minimum atomic E-state index is -0.588. The number of nitrogens with zero attached hydrogens (tertiary/aromatic N) is 1. The molecule has 1 aromatic rings. The summed E-state index contributed by atoms with van der Waals surface area (Å²) < 4.78 is 10.2. The topological polar surface area (TPSA) is 59.8 Å². The molecule has 0 radical (unpaired) electrons. The number of hydrogen-bond acceptors (Lipinski definition) is 4. The third-order valence-corrected chi connectivity index (χ3v) is 4.14. The summed E-state index contributed by atoms with van der Waals surface area (Å²) in [5, 5.41) is 0. The summed E-state index contributed by atoms with van der Waals surface area (Å²) in [5.74, 6) is -0.160. The van der Waals surface area contributed by atoms with Crippen LogP contribution in [-0.2, 0) is 9.53 Å². The van der Waals surface area contributed by atoms with Crippen LogP contribution in [0, 0.1) is 11.3 Å². The third-order valence-electron chi connectivity index (χ3n) is 4.14. The number of esters is 1.